The summed E-state index contributed by atoms with van der Waals surface area (Å²) in [5.74, 6) is 0. The van der Waals surface area contributed by atoms with Gasteiger partial charge in [0.05, 0.1) is 17.4 Å². The third-order valence-electron chi connectivity index (χ3n) is 3.20. The molecule has 0 amide bonds. The molecule has 4 heteroatoms. The molecule has 1 aromatic rings. The Morgan fingerprint density at radius 2 is 2.39 bits per heavy atom. The van der Waals surface area contributed by atoms with Crippen LogP contribution in [0.4, 0.5) is 5.69 Å². The fraction of sp³-hybridized carbons (Fsp3) is 0.500. The average molecular weight is 309 g/mol. The number of anilines is 1. The monoisotopic (exact) mass is 308 g/mol. The van der Waals surface area contributed by atoms with Gasteiger partial charge in [0.25, 0.3) is 0 Å². The van der Waals surface area contributed by atoms with Crippen molar-refractivity contribution in [3.63, 3.8) is 0 Å². The third-order valence-corrected chi connectivity index (χ3v) is 3.69. The van der Waals surface area contributed by atoms with Crippen LogP contribution in [-0.4, -0.2) is 25.8 Å². The Morgan fingerprint density at radius 1 is 1.56 bits per heavy atom. The predicted octanol–water partition coefficient (Wildman–Crippen LogP) is 3.33. The van der Waals surface area contributed by atoms with E-state index in [2.05, 4.69) is 26.9 Å². The van der Waals surface area contributed by atoms with Gasteiger partial charge in [0.15, 0.2) is 0 Å². The van der Waals surface area contributed by atoms with Gasteiger partial charge >= 0.3 is 0 Å². The standard InChI is InChI=1S/C14H17BrN2O/c1-2-18-13-4-3-7-17(10-13)14-6-5-12(15)8-11(14)9-16/h5-6,8,13H,2-4,7,10H2,1H3. The van der Waals surface area contributed by atoms with Crippen LogP contribution in [0.15, 0.2) is 22.7 Å². The van der Waals surface area contributed by atoms with Crippen LogP contribution in [0.1, 0.15) is 25.3 Å². The Kier molecular flexibility index (Phi) is 4.62. The molecule has 1 unspecified atom stereocenters. The normalized spacial score (nSPS) is 19.6. The highest BCUT2D eigenvalue weighted by atomic mass is 79.9. The predicted molar refractivity (Wildman–Crippen MR) is 75.7 cm³/mol. The van der Waals surface area contributed by atoms with E-state index in [0.717, 1.165) is 48.3 Å². The maximum absolute atomic E-state index is 9.21. The van der Waals surface area contributed by atoms with Crippen LogP contribution in [0.5, 0.6) is 0 Å². The lowest BCUT2D eigenvalue weighted by molar-refractivity contribution is 0.0526. The molecule has 0 bridgehead atoms. The minimum Gasteiger partial charge on any atom is -0.377 e. The van der Waals surface area contributed by atoms with Crippen molar-refractivity contribution in [2.45, 2.75) is 25.9 Å². The molecule has 0 spiro atoms. The topological polar surface area (TPSA) is 36.3 Å². The number of nitriles is 1. The molecule has 1 aliphatic heterocycles. The minimum absolute atomic E-state index is 0.291. The van der Waals surface area contributed by atoms with E-state index in [1.807, 2.05) is 25.1 Å². The fourth-order valence-corrected chi connectivity index (χ4v) is 2.76. The molecule has 0 aromatic heterocycles. The second kappa shape index (κ2) is 6.21. The van der Waals surface area contributed by atoms with Gasteiger partial charge in [0.2, 0.25) is 0 Å². The van der Waals surface area contributed by atoms with Gasteiger partial charge in [-0.25, -0.2) is 0 Å². The Labute approximate surface area is 116 Å². The highest BCUT2D eigenvalue weighted by Gasteiger charge is 2.21. The van der Waals surface area contributed by atoms with Crippen LogP contribution in [-0.2, 0) is 4.74 Å². The number of piperidine rings is 1. The Bertz CT molecular complexity index is 454. The molecule has 96 valence electrons. The number of benzene rings is 1. The summed E-state index contributed by atoms with van der Waals surface area (Å²) in [6, 6.07) is 8.14. The van der Waals surface area contributed by atoms with E-state index in [1.165, 1.54) is 0 Å². The molecule has 0 saturated carbocycles. The summed E-state index contributed by atoms with van der Waals surface area (Å²) in [7, 11) is 0. The number of hydrogen-bond donors (Lipinski definition) is 0. The molecule has 0 radical (unpaired) electrons. The van der Waals surface area contributed by atoms with Gasteiger partial charge in [-0.1, -0.05) is 15.9 Å². The first-order valence-corrected chi connectivity index (χ1v) is 7.10. The average Bonchev–Trinajstić information content (AvgIpc) is 2.39. The minimum atomic E-state index is 0.291. The van der Waals surface area contributed by atoms with Crippen LogP contribution < -0.4 is 4.90 Å². The smallest absolute Gasteiger partial charge is 0.101 e. The van der Waals surface area contributed by atoms with E-state index < -0.39 is 0 Å². The quantitative estimate of drug-likeness (QED) is 0.859. The summed E-state index contributed by atoms with van der Waals surface area (Å²) in [5.41, 5.74) is 1.74. The van der Waals surface area contributed by atoms with Crippen molar-refractivity contribution in [1.29, 1.82) is 5.26 Å². The molecule has 1 saturated heterocycles. The highest BCUT2D eigenvalue weighted by molar-refractivity contribution is 9.10. The van der Waals surface area contributed by atoms with E-state index in [-0.39, 0.29) is 0 Å². The van der Waals surface area contributed by atoms with Crippen molar-refractivity contribution in [2.75, 3.05) is 24.6 Å². The Balaban J connectivity index is 2.18. The first-order valence-electron chi connectivity index (χ1n) is 6.30. The summed E-state index contributed by atoms with van der Waals surface area (Å²) in [6.07, 6.45) is 2.52. The van der Waals surface area contributed by atoms with Crippen LogP contribution in [0.2, 0.25) is 0 Å². The summed E-state index contributed by atoms with van der Waals surface area (Å²) in [4.78, 5) is 2.26. The van der Waals surface area contributed by atoms with Crippen molar-refractivity contribution >= 4 is 21.6 Å². The zero-order valence-corrected chi connectivity index (χ0v) is 12.1. The number of halogens is 1. The first-order chi connectivity index (χ1) is 8.74. The van der Waals surface area contributed by atoms with Crippen molar-refractivity contribution in [3.05, 3.63) is 28.2 Å². The molecule has 1 fully saturated rings. The number of ether oxygens (including phenoxy) is 1. The Morgan fingerprint density at radius 3 is 3.11 bits per heavy atom. The third kappa shape index (κ3) is 3.04. The van der Waals surface area contributed by atoms with E-state index in [1.54, 1.807) is 0 Å². The molecule has 1 heterocycles. The molecule has 1 aromatic carbocycles. The maximum atomic E-state index is 9.21. The van der Waals surface area contributed by atoms with Crippen molar-refractivity contribution < 1.29 is 4.74 Å². The van der Waals surface area contributed by atoms with Gasteiger partial charge in [-0.2, -0.15) is 5.26 Å². The molecule has 1 aliphatic rings. The van der Waals surface area contributed by atoms with Gasteiger partial charge in [-0.15, -0.1) is 0 Å². The lowest BCUT2D eigenvalue weighted by Gasteiger charge is -2.34. The van der Waals surface area contributed by atoms with Gasteiger partial charge in [-0.3, -0.25) is 0 Å². The van der Waals surface area contributed by atoms with Crippen molar-refractivity contribution in [1.82, 2.24) is 0 Å². The molecule has 18 heavy (non-hydrogen) atoms. The van der Waals surface area contributed by atoms with Gasteiger partial charge in [0.1, 0.15) is 6.07 Å². The van der Waals surface area contributed by atoms with Crippen molar-refractivity contribution in [3.8, 4) is 6.07 Å². The van der Waals surface area contributed by atoms with E-state index >= 15 is 0 Å². The van der Waals surface area contributed by atoms with Crippen LogP contribution in [0.25, 0.3) is 0 Å². The first kappa shape index (κ1) is 13.4. The summed E-state index contributed by atoms with van der Waals surface area (Å²) >= 11 is 3.40. The lowest BCUT2D eigenvalue weighted by Crippen LogP contribution is -2.40. The molecule has 3 nitrogen and oxygen atoms in total. The second-order valence-corrected chi connectivity index (χ2v) is 5.35. The lowest BCUT2D eigenvalue weighted by atomic mass is 10.1. The SMILES string of the molecule is CCOC1CCCN(c2ccc(Br)cc2C#N)C1. The second-order valence-electron chi connectivity index (χ2n) is 4.44. The van der Waals surface area contributed by atoms with Crippen molar-refractivity contribution in [2.24, 2.45) is 0 Å². The Hall–Kier alpha value is -1.05. The molecule has 2 rings (SSSR count). The summed E-state index contributed by atoms with van der Waals surface area (Å²) in [5, 5.41) is 9.21. The molecule has 0 aliphatic carbocycles. The van der Waals surface area contributed by atoms with Crippen LogP contribution >= 0.6 is 15.9 Å². The van der Waals surface area contributed by atoms with Gasteiger partial charge in [-0.05, 0) is 38.0 Å². The zero-order valence-electron chi connectivity index (χ0n) is 10.5. The number of rotatable bonds is 3. The summed E-state index contributed by atoms with van der Waals surface area (Å²) < 4.78 is 6.64. The highest BCUT2D eigenvalue weighted by Crippen LogP contribution is 2.27. The van der Waals surface area contributed by atoms with Crippen LogP contribution in [0.3, 0.4) is 0 Å². The largest absolute Gasteiger partial charge is 0.377 e. The van der Waals surface area contributed by atoms with E-state index in [4.69, 9.17) is 4.74 Å². The number of nitrogens with zero attached hydrogens (tertiary/aromatic N) is 2. The summed E-state index contributed by atoms with van der Waals surface area (Å²) in [6.45, 7) is 4.66. The van der Waals surface area contributed by atoms with Crippen LogP contribution in [0, 0.1) is 11.3 Å². The molecule has 1 atom stereocenters. The van der Waals surface area contributed by atoms with E-state index in [0.29, 0.717) is 6.10 Å². The maximum Gasteiger partial charge on any atom is 0.101 e. The van der Waals surface area contributed by atoms with E-state index in [9.17, 15) is 5.26 Å². The molecule has 0 N–H and O–H groups in total. The van der Waals surface area contributed by atoms with Gasteiger partial charge < -0.3 is 9.64 Å². The fourth-order valence-electron chi connectivity index (χ4n) is 2.40. The number of hydrogen-bond acceptors (Lipinski definition) is 3. The van der Waals surface area contributed by atoms with Gasteiger partial charge in [0, 0.05) is 24.2 Å². The zero-order chi connectivity index (χ0) is 13.0. The molecular weight excluding hydrogens is 292 g/mol. The molecular formula is C14H17BrN2O.